The average molecular weight is 1430 g/mol. The Morgan fingerprint density at radius 1 is 0.437 bits per heavy atom. The number of imidazole rings is 2. The third-order valence-electron chi connectivity index (χ3n) is 17.5. The molecule has 0 spiro atoms. The Morgan fingerprint density at radius 2 is 0.874 bits per heavy atom. The smallest absolute Gasteiger partial charge is 0.269 e. The second kappa shape index (κ2) is 43.7. The Labute approximate surface area is 600 Å². The number of nitrogens with zero attached hydrogens (tertiary/aromatic N) is 2. The van der Waals surface area contributed by atoms with Crippen LogP contribution in [0.15, 0.2) is 85.8 Å². The van der Waals surface area contributed by atoms with E-state index in [4.69, 9.17) is 28.7 Å². The minimum Gasteiger partial charge on any atom is -0.370 e. The van der Waals surface area contributed by atoms with Crippen molar-refractivity contribution >= 4 is 81.8 Å². The molecule has 0 saturated heterocycles. The molecule has 11 atom stereocenters. The first-order chi connectivity index (χ1) is 49.2. The molecule has 3 aromatic heterocycles. The molecule has 23 N–H and O–H groups in total. The Morgan fingerprint density at radius 3 is 1.38 bits per heavy atom. The number of hydrogen-bond acceptors (Lipinski definition) is 17. The number of carbonyl (C=O) groups is 12. The van der Waals surface area contributed by atoms with Crippen LogP contribution in [0.1, 0.15) is 159 Å². The molecule has 0 aliphatic carbocycles. The van der Waals surface area contributed by atoms with E-state index >= 15 is 0 Å². The van der Waals surface area contributed by atoms with Crippen LogP contribution in [0.4, 0.5) is 0 Å². The van der Waals surface area contributed by atoms with Gasteiger partial charge in [-0.05, 0) is 132 Å². The van der Waals surface area contributed by atoms with Crippen LogP contribution in [0.25, 0.3) is 10.9 Å². The third-order valence-corrected chi connectivity index (χ3v) is 17.5. The second-order valence-electron chi connectivity index (χ2n) is 26.9. The van der Waals surface area contributed by atoms with Crippen LogP contribution in [-0.4, -0.2) is 176 Å². The molecule has 5 rings (SSSR count). The summed E-state index contributed by atoms with van der Waals surface area (Å²) in [7, 11) is 0. The molecule has 103 heavy (non-hydrogen) atoms. The summed E-state index contributed by atoms with van der Waals surface area (Å²) < 4.78 is 0. The highest BCUT2D eigenvalue weighted by Gasteiger charge is 2.38. The van der Waals surface area contributed by atoms with Gasteiger partial charge >= 0.3 is 0 Å². The molecule has 3 heterocycles. The number of H-pyrrole nitrogens is 3. The lowest BCUT2D eigenvalue weighted by atomic mass is 9.95. The molecule has 0 aliphatic rings. The van der Waals surface area contributed by atoms with Gasteiger partial charge in [-0.1, -0.05) is 96.5 Å². The first-order valence-electron chi connectivity index (χ1n) is 35.5. The van der Waals surface area contributed by atoms with Crippen molar-refractivity contribution in [1.82, 2.24) is 78.1 Å². The van der Waals surface area contributed by atoms with Gasteiger partial charge in [-0.3, -0.25) is 57.5 Å². The molecule has 0 fully saturated rings. The molecule has 32 heteroatoms. The number of nitrogens with one attached hydrogen (secondary N) is 13. The summed E-state index contributed by atoms with van der Waals surface area (Å²) in [6.45, 7) is 11.7. The number of carbonyl (C=O) groups excluding carboxylic acids is 12. The van der Waals surface area contributed by atoms with E-state index < -0.39 is 144 Å². The van der Waals surface area contributed by atoms with Crippen molar-refractivity contribution in [2.75, 3.05) is 19.6 Å². The van der Waals surface area contributed by atoms with Crippen molar-refractivity contribution in [1.29, 1.82) is 0 Å². The summed E-state index contributed by atoms with van der Waals surface area (Å²) in [4.78, 5) is 187. The van der Waals surface area contributed by atoms with E-state index in [-0.39, 0.29) is 75.3 Å². The monoisotopic (exact) mass is 1430 g/mol. The fourth-order valence-electron chi connectivity index (χ4n) is 11.6. The van der Waals surface area contributed by atoms with E-state index in [1.54, 1.807) is 64.2 Å². The summed E-state index contributed by atoms with van der Waals surface area (Å²) in [5.74, 6) is -10.5. The molecular weight excluding hydrogens is 1320 g/mol. The summed E-state index contributed by atoms with van der Waals surface area (Å²) in [5, 5.41) is 28.4. The van der Waals surface area contributed by atoms with Gasteiger partial charge in [0.1, 0.15) is 66.1 Å². The zero-order chi connectivity index (χ0) is 75.5. The van der Waals surface area contributed by atoms with Gasteiger partial charge < -0.3 is 96.8 Å². The predicted molar refractivity (Wildman–Crippen MR) is 386 cm³/mol. The van der Waals surface area contributed by atoms with Gasteiger partial charge in [-0.25, -0.2) is 9.97 Å². The zero-order valence-corrected chi connectivity index (χ0v) is 59.9. The van der Waals surface area contributed by atoms with Gasteiger partial charge in [0.25, 0.3) is 5.91 Å². The van der Waals surface area contributed by atoms with Crippen molar-refractivity contribution in [2.24, 2.45) is 46.4 Å². The Balaban J connectivity index is 1.40. The van der Waals surface area contributed by atoms with Gasteiger partial charge in [-0.2, -0.15) is 0 Å². The van der Waals surface area contributed by atoms with Gasteiger partial charge in [-0.15, -0.1) is 0 Å². The molecule has 0 aliphatic heterocycles. The molecule has 32 nitrogen and oxygen atoms in total. The van der Waals surface area contributed by atoms with Crippen LogP contribution in [-0.2, 0) is 72.0 Å². The Bertz CT molecular complexity index is 3530. The summed E-state index contributed by atoms with van der Waals surface area (Å²) in [6, 6.07) is 2.80. The molecule has 0 unspecified atom stereocenters. The quantitative estimate of drug-likeness (QED) is 0.0229. The normalized spacial score (nSPS) is 14.6. The van der Waals surface area contributed by atoms with Crippen LogP contribution in [0.3, 0.4) is 0 Å². The number of nitrogens with two attached hydrogens (primary N) is 5. The maximum Gasteiger partial charge on any atom is 0.269 e. The molecule has 564 valence electrons. The lowest BCUT2D eigenvalue weighted by Gasteiger charge is -2.30. The number of para-hydroxylation sites is 1. The van der Waals surface area contributed by atoms with E-state index in [9.17, 15) is 57.5 Å². The van der Waals surface area contributed by atoms with Crippen molar-refractivity contribution in [3.8, 4) is 0 Å². The Hall–Kier alpha value is -10.1. The van der Waals surface area contributed by atoms with E-state index in [1.807, 2.05) is 38.1 Å². The number of aromatic amines is 3. The number of fused-ring (bicyclic) bond motifs is 1. The van der Waals surface area contributed by atoms with Crippen LogP contribution in [0.5, 0.6) is 0 Å². The lowest BCUT2D eigenvalue weighted by molar-refractivity contribution is -0.137. The number of primary amides is 2. The van der Waals surface area contributed by atoms with Crippen LogP contribution >= 0.6 is 0 Å². The topological polar surface area (TPSA) is 528 Å². The van der Waals surface area contributed by atoms with Gasteiger partial charge in [0, 0.05) is 54.7 Å². The first-order valence-corrected chi connectivity index (χ1v) is 35.5. The maximum absolute atomic E-state index is 14.9. The molecule has 0 saturated carbocycles. The van der Waals surface area contributed by atoms with Crippen LogP contribution in [0.2, 0.25) is 0 Å². The van der Waals surface area contributed by atoms with Crippen molar-refractivity contribution in [2.45, 2.75) is 211 Å². The minimum atomic E-state index is -1.56. The van der Waals surface area contributed by atoms with E-state index in [0.29, 0.717) is 81.4 Å². The number of unbranched alkanes of at least 4 members (excludes halogenated alkanes) is 3. The van der Waals surface area contributed by atoms with Crippen molar-refractivity contribution < 1.29 is 57.5 Å². The lowest BCUT2D eigenvalue weighted by Crippen LogP contribution is -2.62. The predicted octanol–water partition coefficient (Wildman–Crippen LogP) is 0.0799. The largest absolute Gasteiger partial charge is 0.370 e. The molecule has 12 amide bonds. The van der Waals surface area contributed by atoms with E-state index in [2.05, 4.69) is 78.1 Å². The summed E-state index contributed by atoms with van der Waals surface area (Å²) in [6.07, 6.45) is 9.76. The fraction of sp³-hybridized carbons (Fsp3) is 0.549. The molecular formula is C71H108N20O12. The number of benzene rings is 2. The standard InChI is InChI=1S/C71H108N20O12/c1-7-43(6)60(91-69(101)54(32-42(4)5)87-67(99)56(34-45-36-79-48-22-12-11-21-47(45)48)89-63(95)51(25-15-18-30-74)84-70(102)58-38-78-40-81-58)71(103)85-52(26-27-59(75)92)64(96)86-53(31-41(2)3)65(97)88-55(33-44-19-9-8-10-20-44)66(98)90-57(35-46-37-77-39-80-46)68(100)83-50(24-14-17-29-73)62(94)82-49(61(76)93)23-13-16-28-72/h8-12,19-22,36-43,49-57,60,79H,7,13-18,23-35,72-74H2,1-6H3,(H2,75,92)(H2,76,93)(H,77,80)(H,78,81)(H,82,94)(H,83,100)(H,84,102)(H,85,103)(H,86,96)(H,87,99)(H,88,97)(H,89,95)(H,90,98)(H,91,101)/t43-,49-,50-,51-,52-,53-,54-,55-,56-,57-,60-/m1/s1. The van der Waals surface area contributed by atoms with E-state index in [1.165, 1.54) is 25.0 Å². The summed E-state index contributed by atoms with van der Waals surface area (Å²) in [5.41, 5.74) is 31.1. The highest BCUT2D eigenvalue weighted by atomic mass is 16.2. The molecule has 0 radical (unpaired) electrons. The maximum atomic E-state index is 14.9. The highest BCUT2D eigenvalue weighted by molar-refractivity contribution is 6.00. The van der Waals surface area contributed by atoms with Crippen molar-refractivity contribution in [3.63, 3.8) is 0 Å². The van der Waals surface area contributed by atoms with Crippen LogP contribution < -0.4 is 81.8 Å². The van der Waals surface area contributed by atoms with Crippen LogP contribution in [0, 0.1) is 17.8 Å². The number of amides is 12. The summed E-state index contributed by atoms with van der Waals surface area (Å²) >= 11 is 0. The number of rotatable bonds is 48. The zero-order valence-electron chi connectivity index (χ0n) is 59.9. The number of hydrogen-bond donors (Lipinski definition) is 18. The van der Waals surface area contributed by atoms with Gasteiger partial charge in [0.2, 0.25) is 65.0 Å². The average Bonchev–Trinajstić information content (AvgIpc) is 1.78. The molecule has 5 aromatic rings. The van der Waals surface area contributed by atoms with Gasteiger partial charge in [0.15, 0.2) is 0 Å². The SMILES string of the molecule is CC[C@@H](C)[C@@H](NC(=O)[C@@H](CC(C)C)NC(=O)[C@@H](Cc1c[nH]c2ccccc12)NC(=O)[C@@H](CCCCN)NC(=O)c1cnc[nH]1)C(=O)N[C@H](CCC(N)=O)C(=O)N[C@H](CC(C)C)C(=O)N[C@H](Cc1ccccc1)C(=O)N[C@H](Cc1cnc[nH]1)C(=O)N[C@H](CCCCN)C(=O)N[C@H](CCCCN)C(N)=O. The molecule has 2 aromatic carbocycles. The molecule has 0 bridgehead atoms. The van der Waals surface area contributed by atoms with Gasteiger partial charge in [0.05, 0.1) is 18.9 Å². The highest BCUT2D eigenvalue weighted by Crippen LogP contribution is 2.21. The Kier molecular flexibility index (Phi) is 35.4. The first kappa shape index (κ1) is 83.6. The van der Waals surface area contributed by atoms with Crippen molar-refractivity contribution in [3.05, 3.63) is 108 Å². The number of aromatic nitrogens is 5. The fourth-order valence-corrected chi connectivity index (χ4v) is 11.6. The minimum absolute atomic E-state index is 0.0193. The van der Waals surface area contributed by atoms with E-state index in [0.717, 1.165) is 10.9 Å². The second-order valence-corrected chi connectivity index (χ2v) is 26.9. The third kappa shape index (κ3) is 28.3.